The average molecular weight is 295 g/mol. The van der Waals surface area contributed by atoms with Crippen molar-refractivity contribution in [3.05, 3.63) is 24.0 Å². The Morgan fingerprint density at radius 1 is 1.43 bits per heavy atom. The molecule has 1 aromatic rings. The second kappa shape index (κ2) is 6.30. The van der Waals surface area contributed by atoms with E-state index in [1.807, 2.05) is 0 Å². The largest absolute Gasteiger partial charge is 0.444 e. The number of amides is 1. The monoisotopic (exact) mass is 295 g/mol. The van der Waals surface area contributed by atoms with Crippen LogP contribution in [0.15, 0.2) is 18.2 Å². The smallest absolute Gasteiger partial charge is 0.412 e. The Morgan fingerprint density at radius 3 is 2.81 bits per heavy atom. The summed E-state index contributed by atoms with van der Waals surface area (Å²) in [6.45, 7) is 7.10. The molecule has 2 rings (SSSR count). The summed E-state index contributed by atoms with van der Waals surface area (Å²) < 4.78 is 19.0. The van der Waals surface area contributed by atoms with Gasteiger partial charge in [-0.2, -0.15) is 0 Å². The fourth-order valence-corrected chi connectivity index (χ4v) is 2.13. The summed E-state index contributed by atoms with van der Waals surface area (Å²) in [4.78, 5) is 11.7. The van der Waals surface area contributed by atoms with Crippen LogP contribution in [0.3, 0.4) is 0 Å². The van der Waals surface area contributed by atoms with E-state index in [0.29, 0.717) is 11.4 Å². The van der Waals surface area contributed by atoms with E-state index in [0.717, 1.165) is 19.5 Å². The molecule has 0 aliphatic carbocycles. The molecular weight excluding hydrogens is 273 g/mol. The molecule has 5 nitrogen and oxygen atoms in total. The lowest BCUT2D eigenvalue weighted by molar-refractivity contribution is 0.0636. The predicted octanol–water partition coefficient (Wildman–Crippen LogP) is 2.95. The zero-order chi connectivity index (χ0) is 15.5. The number of hydrogen-bond acceptors (Lipinski definition) is 4. The second-order valence-electron chi connectivity index (χ2n) is 6.16. The lowest BCUT2D eigenvalue weighted by Crippen LogP contribution is -2.27. The van der Waals surface area contributed by atoms with Gasteiger partial charge in [-0.3, -0.25) is 5.32 Å². The zero-order valence-corrected chi connectivity index (χ0v) is 12.6. The van der Waals surface area contributed by atoms with Gasteiger partial charge in [0.05, 0.1) is 5.69 Å². The van der Waals surface area contributed by atoms with Gasteiger partial charge in [0.25, 0.3) is 0 Å². The van der Waals surface area contributed by atoms with Gasteiger partial charge in [0, 0.05) is 18.3 Å². The molecule has 6 heteroatoms. The molecule has 0 saturated carbocycles. The van der Waals surface area contributed by atoms with E-state index in [-0.39, 0.29) is 11.9 Å². The third kappa shape index (κ3) is 4.90. The fraction of sp³-hybridized carbons (Fsp3) is 0.533. The minimum absolute atomic E-state index is 0.205. The molecule has 1 aliphatic rings. The number of hydrogen-bond donors (Lipinski definition) is 3. The quantitative estimate of drug-likeness (QED) is 0.802. The molecule has 1 saturated heterocycles. The summed E-state index contributed by atoms with van der Waals surface area (Å²) in [5, 5.41) is 8.96. The van der Waals surface area contributed by atoms with Crippen LogP contribution in [-0.2, 0) is 4.74 Å². The van der Waals surface area contributed by atoms with Crippen LogP contribution in [0.1, 0.15) is 27.2 Å². The van der Waals surface area contributed by atoms with Crippen molar-refractivity contribution < 1.29 is 13.9 Å². The molecule has 1 aromatic carbocycles. The van der Waals surface area contributed by atoms with Crippen molar-refractivity contribution in [2.75, 3.05) is 23.7 Å². The molecule has 0 aromatic heterocycles. The molecule has 0 radical (unpaired) electrons. The third-order valence-corrected chi connectivity index (χ3v) is 3.03. The van der Waals surface area contributed by atoms with Gasteiger partial charge in [0.15, 0.2) is 0 Å². The van der Waals surface area contributed by atoms with Crippen LogP contribution in [0.25, 0.3) is 0 Å². The Kier molecular flexibility index (Phi) is 4.67. The maximum atomic E-state index is 13.8. The Hall–Kier alpha value is -1.82. The van der Waals surface area contributed by atoms with Crippen molar-refractivity contribution in [1.82, 2.24) is 5.32 Å². The summed E-state index contributed by atoms with van der Waals surface area (Å²) in [5.41, 5.74) is 0.317. The maximum Gasteiger partial charge on any atom is 0.412 e. The number of benzene rings is 1. The summed E-state index contributed by atoms with van der Waals surface area (Å²) in [6, 6.07) is 4.63. The Labute approximate surface area is 124 Å². The highest BCUT2D eigenvalue weighted by Crippen LogP contribution is 2.22. The minimum Gasteiger partial charge on any atom is -0.444 e. The van der Waals surface area contributed by atoms with Crippen molar-refractivity contribution in [2.45, 2.75) is 38.8 Å². The van der Waals surface area contributed by atoms with Crippen LogP contribution < -0.4 is 16.0 Å². The van der Waals surface area contributed by atoms with Crippen LogP contribution >= 0.6 is 0 Å². The summed E-state index contributed by atoms with van der Waals surface area (Å²) >= 11 is 0. The van der Waals surface area contributed by atoms with Gasteiger partial charge in [-0.15, -0.1) is 0 Å². The van der Waals surface area contributed by atoms with Gasteiger partial charge in [-0.05, 0) is 51.9 Å². The summed E-state index contributed by atoms with van der Waals surface area (Å²) in [6.07, 6.45) is 0.394. The number of halogens is 1. The fourth-order valence-electron chi connectivity index (χ4n) is 2.13. The Balaban J connectivity index is 2.02. The third-order valence-electron chi connectivity index (χ3n) is 3.03. The first kappa shape index (κ1) is 15.6. The molecule has 0 spiro atoms. The topological polar surface area (TPSA) is 62.4 Å². The van der Waals surface area contributed by atoms with E-state index < -0.39 is 11.7 Å². The number of rotatable bonds is 3. The summed E-state index contributed by atoms with van der Waals surface area (Å²) in [7, 11) is 0. The minimum atomic E-state index is -0.569. The van der Waals surface area contributed by atoms with Gasteiger partial charge in [-0.1, -0.05) is 0 Å². The van der Waals surface area contributed by atoms with Crippen molar-refractivity contribution in [3.63, 3.8) is 0 Å². The highest BCUT2D eigenvalue weighted by atomic mass is 19.1. The van der Waals surface area contributed by atoms with Crippen molar-refractivity contribution >= 4 is 17.5 Å². The van der Waals surface area contributed by atoms with Crippen molar-refractivity contribution in [3.8, 4) is 0 Å². The van der Waals surface area contributed by atoms with E-state index in [9.17, 15) is 9.18 Å². The van der Waals surface area contributed by atoms with Crippen LogP contribution in [-0.4, -0.2) is 30.8 Å². The van der Waals surface area contributed by atoms with Gasteiger partial charge in [-0.25, -0.2) is 9.18 Å². The molecule has 21 heavy (non-hydrogen) atoms. The van der Waals surface area contributed by atoms with Gasteiger partial charge < -0.3 is 15.4 Å². The first-order valence-electron chi connectivity index (χ1n) is 7.10. The van der Waals surface area contributed by atoms with Crippen LogP contribution in [0.5, 0.6) is 0 Å². The number of carbonyl (C=O) groups is 1. The molecule has 1 heterocycles. The Morgan fingerprint density at radius 2 is 2.19 bits per heavy atom. The zero-order valence-electron chi connectivity index (χ0n) is 12.6. The maximum absolute atomic E-state index is 13.8. The number of carbonyl (C=O) groups excluding carboxylic acids is 1. The molecule has 1 unspecified atom stereocenters. The highest BCUT2D eigenvalue weighted by molar-refractivity contribution is 5.85. The predicted molar refractivity (Wildman–Crippen MR) is 81.2 cm³/mol. The van der Waals surface area contributed by atoms with Gasteiger partial charge >= 0.3 is 6.09 Å². The molecule has 1 atom stereocenters. The molecule has 1 amide bonds. The number of anilines is 2. The second-order valence-corrected chi connectivity index (χ2v) is 6.16. The molecule has 1 fully saturated rings. The highest BCUT2D eigenvalue weighted by Gasteiger charge is 2.18. The van der Waals surface area contributed by atoms with Crippen molar-refractivity contribution in [2.24, 2.45) is 0 Å². The van der Waals surface area contributed by atoms with E-state index in [4.69, 9.17) is 4.74 Å². The van der Waals surface area contributed by atoms with Crippen LogP contribution in [0, 0.1) is 5.82 Å². The first-order valence-corrected chi connectivity index (χ1v) is 7.10. The van der Waals surface area contributed by atoms with Gasteiger partial charge in [0.1, 0.15) is 11.4 Å². The molecule has 3 N–H and O–H groups in total. The Bertz CT molecular complexity index is 508. The summed E-state index contributed by atoms with van der Waals surface area (Å²) in [5.74, 6) is -0.336. The lowest BCUT2D eigenvalue weighted by atomic mass is 10.2. The van der Waals surface area contributed by atoms with Crippen LogP contribution in [0.2, 0.25) is 0 Å². The SMILES string of the molecule is CC(C)(C)OC(=O)Nc1ccc(F)c(NC2CCNC2)c1. The number of ether oxygens (including phenoxy) is 1. The van der Waals surface area contributed by atoms with Crippen LogP contribution in [0.4, 0.5) is 20.6 Å². The van der Waals surface area contributed by atoms with E-state index in [2.05, 4.69) is 16.0 Å². The normalized spacial score (nSPS) is 18.4. The number of nitrogens with one attached hydrogen (secondary N) is 3. The molecular formula is C15H22FN3O2. The first-order chi connectivity index (χ1) is 9.83. The standard InChI is InChI=1S/C15H22FN3O2/c1-15(2,3)21-14(20)19-10-4-5-12(16)13(8-10)18-11-6-7-17-9-11/h4-5,8,11,17-18H,6-7,9H2,1-3H3,(H,19,20). The average Bonchev–Trinajstić information content (AvgIpc) is 2.84. The van der Waals surface area contributed by atoms with Gasteiger partial charge in [0.2, 0.25) is 0 Å². The molecule has 0 bridgehead atoms. The molecule has 1 aliphatic heterocycles. The van der Waals surface area contributed by atoms with E-state index in [1.54, 1.807) is 26.8 Å². The van der Waals surface area contributed by atoms with E-state index >= 15 is 0 Å². The molecule has 116 valence electrons. The lowest BCUT2D eigenvalue weighted by Gasteiger charge is -2.20. The van der Waals surface area contributed by atoms with E-state index in [1.165, 1.54) is 12.1 Å². The van der Waals surface area contributed by atoms with Crippen molar-refractivity contribution in [1.29, 1.82) is 0 Å².